The number of epoxide rings is 1. The van der Waals surface area contributed by atoms with Crippen LogP contribution in [0.15, 0.2) is 0 Å². The monoisotopic (exact) mass is 262 g/mol. The van der Waals surface area contributed by atoms with Gasteiger partial charge in [-0.1, -0.05) is 27.2 Å². The molecule has 0 N–H and O–H groups in total. The molecule has 19 heavy (non-hydrogen) atoms. The highest BCUT2D eigenvalue weighted by Gasteiger charge is 2.73. The van der Waals surface area contributed by atoms with Crippen molar-refractivity contribution < 1.29 is 9.53 Å². The van der Waals surface area contributed by atoms with Crippen molar-refractivity contribution in [3.63, 3.8) is 0 Å². The van der Waals surface area contributed by atoms with Crippen LogP contribution in [0, 0.1) is 22.7 Å². The number of rotatable bonds is 0. The van der Waals surface area contributed by atoms with Gasteiger partial charge in [-0.25, -0.2) is 0 Å². The van der Waals surface area contributed by atoms with Crippen LogP contribution < -0.4 is 0 Å². The highest BCUT2D eigenvalue weighted by molar-refractivity contribution is 5.88. The first kappa shape index (κ1) is 12.4. The molecule has 2 heteroatoms. The lowest BCUT2D eigenvalue weighted by molar-refractivity contribution is -0.128. The van der Waals surface area contributed by atoms with Crippen LogP contribution in [0.2, 0.25) is 0 Å². The lowest BCUT2D eigenvalue weighted by atomic mass is 9.44. The van der Waals surface area contributed by atoms with Crippen molar-refractivity contribution in [3.8, 4) is 0 Å². The van der Waals surface area contributed by atoms with Crippen molar-refractivity contribution in [2.45, 2.75) is 77.4 Å². The molecule has 1 saturated heterocycles. The van der Waals surface area contributed by atoms with Crippen LogP contribution in [0.4, 0.5) is 0 Å². The van der Waals surface area contributed by atoms with Gasteiger partial charge < -0.3 is 4.74 Å². The number of fused-ring (bicyclic) bond motifs is 2. The average Bonchev–Trinajstić information content (AvgIpc) is 3.03. The second-order valence-electron chi connectivity index (χ2n) is 8.45. The predicted molar refractivity (Wildman–Crippen MR) is 73.8 cm³/mol. The molecule has 2 nitrogen and oxygen atoms in total. The van der Waals surface area contributed by atoms with Gasteiger partial charge >= 0.3 is 0 Å². The highest BCUT2D eigenvalue weighted by atomic mass is 16.6. The minimum atomic E-state index is -0.0198. The van der Waals surface area contributed by atoms with E-state index in [2.05, 4.69) is 20.8 Å². The largest absolute Gasteiger partial charge is 0.357 e. The normalized spacial score (nSPS) is 54.9. The minimum Gasteiger partial charge on any atom is -0.357 e. The average molecular weight is 262 g/mol. The number of carbonyl (C=O) groups is 1. The Balaban J connectivity index is 1.73. The molecule has 0 aromatic rings. The molecule has 0 unspecified atom stereocenters. The first-order valence-corrected chi connectivity index (χ1v) is 8.11. The summed E-state index contributed by atoms with van der Waals surface area (Å²) in [5.74, 6) is 1.84. The van der Waals surface area contributed by atoms with E-state index in [4.69, 9.17) is 4.74 Å². The number of Topliss-reactive ketones (excluding diaryl/α,β-unsaturated/α-hetero) is 1. The Morgan fingerprint density at radius 1 is 1.05 bits per heavy atom. The maximum absolute atomic E-state index is 12.0. The maximum atomic E-state index is 12.0. The van der Waals surface area contributed by atoms with Crippen LogP contribution in [0.1, 0.15) is 65.7 Å². The van der Waals surface area contributed by atoms with Gasteiger partial charge in [-0.05, 0) is 54.8 Å². The molecular weight excluding hydrogens is 236 g/mol. The molecule has 4 aliphatic rings. The number of carbonyl (C=O) groups excluding carboxylic acids is 1. The summed E-state index contributed by atoms with van der Waals surface area (Å²) in [5.41, 5.74) is 0.865. The lowest BCUT2D eigenvalue weighted by Gasteiger charge is -2.59. The summed E-state index contributed by atoms with van der Waals surface area (Å²) in [5, 5.41) is 0. The Hall–Kier alpha value is -0.370. The zero-order valence-electron chi connectivity index (χ0n) is 12.5. The topological polar surface area (TPSA) is 29.6 Å². The molecule has 0 bridgehead atoms. The summed E-state index contributed by atoms with van der Waals surface area (Å²) in [6, 6.07) is 0. The van der Waals surface area contributed by atoms with Crippen LogP contribution in [-0.4, -0.2) is 17.5 Å². The van der Waals surface area contributed by atoms with E-state index in [1.165, 1.54) is 25.7 Å². The molecule has 3 saturated carbocycles. The summed E-state index contributed by atoms with van der Waals surface area (Å²) < 4.78 is 6.01. The molecule has 106 valence electrons. The fraction of sp³-hybridized carbons (Fsp3) is 0.941. The summed E-state index contributed by atoms with van der Waals surface area (Å²) in [6.07, 6.45) is 8.30. The van der Waals surface area contributed by atoms with Crippen molar-refractivity contribution in [2.24, 2.45) is 22.7 Å². The molecule has 5 atom stereocenters. The molecular formula is C17H26O2. The van der Waals surface area contributed by atoms with Gasteiger partial charge in [-0.15, -0.1) is 0 Å². The lowest BCUT2D eigenvalue weighted by Crippen LogP contribution is -2.56. The van der Waals surface area contributed by atoms with Gasteiger partial charge in [0.05, 0.1) is 0 Å². The van der Waals surface area contributed by atoms with Crippen LogP contribution >= 0.6 is 0 Å². The van der Waals surface area contributed by atoms with E-state index >= 15 is 0 Å². The van der Waals surface area contributed by atoms with E-state index < -0.39 is 0 Å². The zero-order chi connectivity index (χ0) is 13.5. The van der Waals surface area contributed by atoms with Crippen LogP contribution in [0.3, 0.4) is 0 Å². The molecule has 3 aliphatic carbocycles. The third-order valence-corrected chi connectivity index (χ3v) is 7.18. The van der Waals surface area contributed by atoms with E-state index in [0.717, 1.165) is 25.2 Å². The molecule has 0 aromatic heterocycles. The standard InChI is InChI=1S/C17H26O2/c1-15(2)8-4-9-16(3)12(15)7-10-17-13(16)6-5-11(18)14(17)19-17/h12-14H,4-10H2,1-3H3/t12-,13+,14-,16-,17+/m0/s1. The first-order valence-electron chi connectivity index (χ1n) is 8.11. The molecule has 0 amide bonds. The molecule has 4 fully saturated rings. The Kier molecular flexibility index (Phi) is 2.24. The number of hydrogen-bond donors (Lipinski definition) is 0. The fourth-order valence-corrected chi connectivity index (χ4v) is 6.38. The summed E-state index contributed by atoms with van der Waals surface area (Å²) in [4.78, 5) is 12.0. The molecule has 0 aromatic carbocycles. The third-order valence-electron chi connectivity index (χ3n) is 7.18. The molecule has 1 aliphatic heterocycles. The van der Waals surface area contributed by atoms with Crippen LogP contribution in [0.25, 0.3) is 0 Å². The van der Waals surface area contributed by atoms with Crippen LogP contribution in [-0.2, 0) is 9.53 Å². The van der Waals surface area contributed by atoms with Gasteiger partial charge in [0, 0.05) is 6.42 Å². The van der Waals surface area contributed by atoms with E-state index in [-0.39, 0.29) is 11.7 Å². The Bertz CT molecular complexity index is 441. The second kappa shape index (κ2) is 3.44. The van der Waals surface area contributed by atoms with Gasteiger partial charge in [-0.3, -0.25) is 4.79 Å². The minimum absolute atomic E-state index is 0.0194. The molecule has 1 heterocycles. The van der Waals surface area contributed by atoms with E-state index in [0.29, 0.717) is 22.5 Å². The van der Waals surface area contributed by atoms with Gasteiger partial charge in [0.15, 0.2) is 5.78 Å². The first-order chi connectivity index (χ1) is 8.90. The van der Waals surface area contributed by atoms with E-state index in [9.17, 15) is 4.79 Å². The van der Waals surface area contributed by atoms with Crippen LogP contribution in [0.5, 0.6) is 0 Å². The number of hydrogen-bond acceptors (Lipinski definition) is 2. The fourth-order valence-electron chi connectivity index (χ4n) is 6.38. The van der Waals surface area contributed by atoms with Gasteiger partial charge in [0.2, 0.25) is 0 Å². The molecule has 1 spiro atoms. The summed E-state index contributed by atoms with van der Waals surface area (Å²) in [6.45, 7) is 7.44. The summed E-state index contributed by atoms with van der Waals surface area (Å²) >= 11 is 0. The molecule has 0 radical (unpaired) electrons. The Morgan fingerprint density at radius 2 is 1.84 bits per heavy atom. The third kappa shape index (κ3) is 1.39. The zero-order valence-corrected chi connectivity index (χ0v) is 12.5. The number of ether oxygens (including phenoxy) is 1. The smallest absolute Gasteiger partial charge is 0.164 e. The van der Waals surface area contributed by atoms with Crippen molar-refractivity contribution in [2.75, 3.05) is 0 Å². The quantitative estimate of drug-likeness (QED) is 0.623. The Labute approximate surface area is 116 Å². The number of ketones is 1. The SMILES string of the molecule is CC1(C)CCC[C@]2(C)[C@H]3CCC(=O)[C@@H]4O[C@]34CC[C@@H]12. The van der Waals surface area contributed by atoms with Gasteiger partial charge in [0.25, 0.3) is 0 Å². The predicted octanol–water partition coefficient (Wildman–Crippen LogP) is 3.73. The van der Waals surface area contributed by atoms with Crippen molar-refractivity contribution in [1.82, 2.24) is 0 Å². The van der Waals surface area contributed by atoms with Crippen molar-refractivity contribution in [1.29, 1.82) is 0 Å². The second-order valence-corrected chi connectivity index (χ2v) is 8.45. The Morgan fingerprint density at radius 3 is 2.63 bits per heavy atom. The van der Waals surface area contributed by atoms with E-state index in [1.807, 2.05) is 0 Å². The summed E-state index contributed by atoms with van der Waals surface area (Å²) in [7, 11) is 0. The highest BCUT2D eigenvalue weighted by Crippen LogP contribution is 2.69. The van der Waals surface area contributed by atoms with Crippen molar-refractivity contribution in [3.05, 3.63) is 0 Å². The van der Waals surface area contributed by atoms with Gasteiger partial charge in [0.1, 0.15) is 11.7 Å². The van der Waals surface area contributed by atoms with Crippen molar-refractivity contribution >= 4 is 5.78 Å². The molecule has 4 rings (SSSR count). The van der Waals surface area contributed by atoms with E-state index in [1.54, 1.807) is 0 Å². The maximum Gasteiger partial charge on any atom is 0.164 e. The van der Waals surface area contributed by atoms with Gasteiger partial charge in [-0.2, -0.15) is 0 Å².